The first kappa shape index (κ1) is 18.4. The Morgan fingerprint density at radius 2 is 1.07 bits per heavy atom. The first-order valence-electron chi connectivity index (χ1n) is 6.56. The number of unbranched alkanes of at least 4 members (excludes halogenated alkanes) is 8. The van der Waals surface area contributed by atoms with Gasteiger partial charge in [0.25, 0.3) is 0 Å². The Hall–Kier alpha value is 1.00. The molecule has 0 N–H and O–H groups in total. The van der Waals surface area contributed by atoms with E-state index in [-0.39, 0.29) is 29.6 Å². The summed E-state index contributed by atoms with van der Waals surface area (Å²) in [5.41, 5.74) is 0. The van der Waals surface area contributed by atoms with Crippen molar-refractivity contribution in [3.63, 3.8) is 0 Å². The fourth-order valence-corrected chi connectivity index (χ4v) is 1.79. The third-order valence-electron chi connectivity index (χ3n) is 2.78. The molecule has 0 rings (SSSR count). The molecule has 0 saturated heterocycles. The van der Waals surface area contributed by atoms with E-state index in [9.17, 15) is 0 Å². The molecule has 0 aliphatic carbocycles. The molecule has 0 aliphatic rings. The molecule has 0 saturated carbocycles. The van der Waals surface area contributed by atoms with Gasteiger partial charge in [-0.1, -0.05) is 64.7 Å². The van der Waals surface area contributed by atoms with Crippen LogP contribution in [0.4, 0.5) is 0 Å². The van der Waals surface area contributed by atoms with E-state index in [1.54, 1.807) is 5.92 Å². The van der Waals surface area contributed by atoms with Gasteiger partial charge in [0, 0.05) is 0 Å². The molecule has 0 aromatic rings. The van der Waals surface area contributed by atoms with E-state index in [1.807, 2.05) is 0 Å². The van der Waals surface area contributed by atoms with Crippen LogP contribution in [0.1, 0.15) is 85.0 Å². The number of hydrogen-bond acceptors (Lipinski definition) is 0. The van der Waals surface area contributed by atoms with Gasteiger partial charge in [-0.2, -0.15) is 20.3 Å². The first-order chi connectivity index (χ1) is 6.77. The molecule has 0 bridgehead atoms. The number of hydrogen-bond donors (Lipinski definition) is 0. The Morgan fingerprint density at radius 1 is 0.667 bits per heavy atom. The van der Waals surface area contributed by atoms with Crippen molar-refractivity contribution in [2.45, 2.75) is 85.0 Å². The van der Waals surface area contributed by atoms with Gasteiger partial charge >= 0.3 is 29.6 Å². The molecule has 0 spiro atoms. The molecule has 0 aromatic heterocycles. The zero-order chi connectivity index (χ0) is 10.6. The van der Waals surface area contributed by atoms with Crippen molar-refractivity contribution in [2.24, 2.45) is 0 Å². The van der Waals surface area contributed by atoms with Gasteiger partial charge < -0.3 is 5.92 Å². The van der Waals surface area contributed by atoms with Crippen molar-refractivity contribution in [1.82, 2.24) is 0 Å². The van der Waals surface area contributed by atoms with Crippen molar-refractivity contribution in [3.8, 4) is 0 Å². The molecule has 1 heteroatoms. The summed E-state index contributed by atoms with van der Waals surface area (Å²) in [6.45, 7) is 6.76. The average molecular weight is 220 g/mol. The van der Waals surface area contributed by atoms with Crippen LogP contribution in [-0.4, -0.2) is 0 Å². The Balaban J connectivity index is 0. The van der Waals surface area contributed by atoms with Crippen molar-refractivity contribution >= 4 is 0 Å². The van der Waals surface area contributed by atoms with Crippen LogP contribution in [0.25, 0.3) is 0 Å². The van der Waals surface area contributed by atoms with E-state index in [4.69, 9.17) is 0 Å². The largest absolute Gasteiger partial charge is 1.00 e. The van der Waals surface area contributed by atoms with E-state index in [1.165, 1.54) is 64.2 Å². The monoisotopic (exact) mass is 220 g/mol. The van der Waals surface area contributed by atoms with Gasteiger partial charge in [-0.3, -0.25) is 0 Å². The van der Waals surface area contributed by atoms with Crippen LogP contribution in [0.5, 0.6) is 0 Å². The molecule has 0 radical (unpaired) electrons. The number of rotatable bonds is 10. The molecule has 0 heterocycles. The second-order valence-electron chi connectivity index (χ2n) is 4.79. The minimum atomic E-state index is 0. The second kappa shape index (κ2) is 15.0. The van der Waals surface area contributed by atoms with Gasteiger partial charge in [0.1, 0.15) is 0 Å². The van der Waals surface area contributed by atoms with Crippen molar-refractivity contribution in [2.75, 3.05) is 0 Å². The summed E-state index contributed by atoms with van der Waals surface area (Å²) < 4.78 is 0. The predicted molar refractivity (Wildman–Crippen MR) is 66.4 cm³/mol. The smallest absolute Gasteiger partial charge is 0.320 e. The molecule has 0 aliphatic heterocycles. The van der Waals surface area contributed by atoms with E-state index >= 15 is 0 Å². The minimum Gasteiger partial charge on any atom is -0.320 e. The third-order valence-corrected chi connectivity index (χ3v) is 2.78. The van der Waals surface area contributed by atoms with Crippen molar-refractivity contribution in [3.05, 3.63) is 5.92 Å². The summed E-state index contributed by atoms with van der Waals surface area (Å²) in [6, 6.07) is 0. The van der Waals surface area contributed by atoms with Crippen LogP contribution in [0, 0.1) is 5.92 Å². The van der Waals surface area contributed by atoms with Crippen molar-refractivity contribution < 1.29 is 29.6 Å². The maximum absolute atomic E-state index is 2.28. The van der Waals surface area contributed by atoms with E-state index in [0.29, 0.717) is 0 Å². The van der Waals surface area contributed by atoms with Crippen LogP contribution in [-0.2, 0) is 0 Å². The van der Waals surface area contributed by atoms with Crippen LogP contribution < -0.4 is 29.6 Å². The first-order valence-corrected chi connectivity index (χ1v) is 6.56. The molecule has 0 atom stereocenters. The molecule has 0 nitrogen and oxygen atoms in total. The summed E-state index contributed by atoms with van der Waals surface area (Å²) in [5.74, 6) is 1.59. The molecule has 86 valence electrons. The van der Waals surface area contributed by atoms with Crippen LogP contribution >= 0.6 is 0 Å². The molecular formula is C14H29Na. The maximum Gasteiger partial charge on any atom is 1.00 e. The third kappa shape index (κ3) is 17.6. The molecular weight excluding hydrogens is 191 g/mol. The summed E-state index contributed by atoms with van der Waals surface area (Å²) >= 11 is 0. The van der Waals surface area contributed by atoms with Crippen LogP contribution in [0.2, 0.25) is 0 Å². The van der Waals surface area contributed by atoms with E-state index in [2.05, 4.69) is 20.8 Å². The zero-order valence-electron chi connectivity index (χ0n) is 11.6. The van der Waals surface area contributed by atoms with Gasteiger partial charge in [0.2, 0.25) is 0 Å². The van der Waals surface area contributed by atoms with Gasteiger partial charge in [-0.25, -0.2) is 0 Å². The Kier molecular flexibility index (Phi) is 18.4. The molecule has 15 heavy (non-hydrogen) atoms. The summed E-state index contributed by atoms with van der Waals surface area (Å²) in [5, 5.41) is 0. The molecule has 0 amide bonds. The summed E-state index contributed by atoms with van der Waals surface area (Å²) in [7, 11) is 0. The topological polar surface area (TPSA) is 0 Å². The van der Waals surface area contributed by atoms with Gasteiger partial charge in [0.05, 0.1) is 0 Å². The van der Waals surface area contributed by atoms with Gasteiger partial charge in [-0.05, 0) is 0 Å². The van der Waals surface area contributed by atoms with Gasteiger partial charge in [-0.15, -0.1) is 0 Å². The fraction of sp³-hybridized carbons (Fsp3) is 0.929. The predicted octanol–water partition coefficient (Wildman–Crippen LogP) is 2.53. The van der Waals surface area contributed by atoms with E-state index in [0.717, 1.165) is 0 Å². The zero-order valence-corrected chi connectivity index (χ0v) is 13.6. The standard InChI is InChI=1S/C14H29.Na/c1-4-5-6-7-8-9-10-11-12-13-14(2)3;/h4-13H2,1-3H3;/q-1;+1. The second-order valence-corrected chi connectivity index (χ2v) is 4.79. The maximum atomic E-state index is 2.28. The summed E-state index contributed by atoms with van der Waals surface area (Å²) in [6.07, 6.45) is 14.3. The SMILES string of the molecule is CCCCCCCCCCC[C-](C)C.[Na+]. The molecule has 0 aromatic carbocycles. The quantitative estimate of drug-likeness (QED) is 0.301. The van der Waals surface area contributed by atoms with Crippen LogP contribution in [0.3, 0.4) is 0 Å². The van der Waals surface area contributed by atoms with Crippen LogP contribution in [0.15, 0.2) is 0 Å². The van der Waals surface area contributed by atoms with Gasteiger partial charge in [0.15, 0.2) is 0 Å². The molecule has 0 fully saturated rings. The Bertz CT molecular complexity index is 99.5. The van der Waals surface area contributed by atoms with E-state index < -0.39 is 0 Å². The molecule has 0 unspecified atom stereocenters. The Labute approximate surface area is 120 Å². The summed E-state index contributed by atoms with van der Waals surface area (Å²) in [4.78, 5) is 0. The van der Waals surface area contributed by atoms with Crippen molar-refractivity contribution in [1.29, 1.82) is 0 Å². The normalized spacial score (nSPS) is 10.4. The average Bonchev–Trinajstić information content (AvgIpc) is 2.15. The fourth-order valence-electron chi connectivity index (χ4n) is 1.79. The minimum absolute atomic E-state index is 0. The Morgan fingerprint density at radius 3 is 1.47 bits per heavy atom.